The molecule has 112 valence electrons. The third-order valence-corrected chi connectivity index (χ3v) is 3.42. The molecule has 0 spiro atoms. The fraction of sp³-hybridized carbons (Fsp3) is 0.400. The third kappa shape index (κ3) is 3.66. The molecule has 1 aromatic carbocycles. The maximum absolute atomic E-state index is 11.6. The molecule has 0 saturated carbocycles. The lowest BCUT2D eigenvalue weighted by atomic mass is 10.1. The number of carboxylic acid groups (broad SMARTS) is 1. The number of aliphatic carboxylic acids is 1. The van der Waals surface area contributed by atoms with Gasteiger partial charge in [0.1, 0.15) is 12.4 Å². The zero-order valence-corrected chi connectivity index (χ0v) is 12.0. The SMILES string of the molecule is CCCC(N)c1nncn1C(Cc1ccccc1)C(=O)O. The van der Waals surface area contributed by atoms with Crippen molar-refractivity contribution in [1.29, 1.82) is 0 Å². The number of benzene rings is 1. The number of nitrogens with two attached hydrogens (primary N) is 1. The lowest BCUT2D eigenvalue weighted by Crippen LogP contribution is -2.26. The van der Waals surface area contributed by atoms with Gasteiger partial charge < -0.3 is 15.4 Å². The number of hydrogen-bond acceptors (Lipinski definition) is 4. The van der Waals surface area contributed by atoms with Gasteiger partial charge in [0.15, 0.2) is 5.82 Å². The van der Waals surface area contributed by atoms with Gasteiger partial charge in [-0.05, 0) is 12.0 Å². The minimum Gasteiger partial charge on any atom is -0.480 e. The average molecular weight is 288 g/mol. The minimum atomic E-state index is -0.913. The van der Waals surface area contributed by atoms with Crippen molar-refractivity contribution < 1.29 is 9.90 Å². The zero-order chi connectivity index (χ0) is 15.2. The molecule has 0 aliphatic carbocycles. The molecule has 0 radical (unpaired) electrons. The van der Waals surface area contributed by atoms with Gasteiger partial charge in [0, 0.05) is 6.42 Å². The van der Waals surface area contributed by atoms with Crippen LogP contribution in [0.25, 0.3) is 0 Å². The molecule has 6 heteroatoms. The Bertz CT molecular complexity index is 582. The first-order valence-electron chi connectivity index (χ1n) is 7.05. The van der Waals surface area contributed by atoms with Crippen molar-refractivity contribution >= 4 is 5.97 Å². The summed E-state index contributed by atoms with van der Waals surface area (Å²) >= 11 is 0. The summed E-state index contributed by atoms with van der Waals surface area (Å²) in [5, 5.41) is 17.4. The molecule has 0 amide bonds. The molecule has 1 heterocycles. The fourth-order valence-corrected chi connectivity index (χ4v) is 2.34. The number of nitrogens with zero attached hydrogens (tertiary/aromatic N) is 3. The van der Waals surface area contributed by atoms with Crippen LogP contribution in [0.4, 0.5) is 0 Å². The van der Waals surface area contributed by atoms with E-state index in [1.165, 1.54) is 6.33 Å². The van der Waals surface area contributed by atoms with Gasteiger partial charge in [-0.2, -0.15) is 0 Å². The lowest BCUT2D eigenvalue weighted by molar-refractivity contribution is -0.141. The van der Waals surface area contributed by atoms with Gasteiger partial charge in [0.05, 0.1) is 6.04 Å². The van der Waals surface area contributed by atoms with Gasteiger partial charge >= 0.3 is 5.97 Å². The van der Waals surface area contributed by atoms with Crippen molar-refractivity contribution in [3.05, 3.63) is 48.0 Å². The Morgan fingerprint density at radius 1 is 1.38 bits per heavy atom. The van der Waals surface area contributed by atoms with E-state index in [2.05, 4.69) is 10.2 Å². The van der Waals surface area contributed by atoms with E-state index in [1.54, 1.807) is 4.57 Å². The smallest absolute Gasteiger partial charge is 0.327 e. The van der Waals surface area contributed by atoms with Crippen LogP contribution in [0.15, 0.2) is 36.7 Å². The van der Waals surface area contributed by atoms with E-state index in [4.69, 9.17) is 5.73 Å². The molecule has 3 N–H and O–H groups in total. The predicted molar refractivity (Wildman–Crippen MR) is 78.7 cm³/mol. The van der Waals surface area contributed by atoms with E-state index >= 15 is 0 Å². The van der Waals surface area contributed by atoms with Crippen LogP contribution >= 0.6 is 0 Å². The van der Waals surface area contributed by atoms with Crippen LogP contribution in [0.3, 0.4) is 0 Å². The highest BCUT2D eigenvalue weighted by molar-refractivity contribution is 5.72. The maximum Gasteiger partial charge on any atom is 0.327 e. The molecule has 2 aromatic rings. The number of hydrogen-bond donors (Lipinski definition) is 2. The molecule has 1 aromatic heterocycles. The van der Waals surface area contributed by atoms with E-state index in [9.17, 15) is 9.90 Å². The van der Waals surface area contributed by atoms with Crippen molar-refractivity contribution in [2.24, 2.45) is 5.73 Å². The summed E-state index contributed by atoms with van der Waals surface area (Å²) < 4.78 is 1.58. The van der Waals surface area contributed by atoms with E-state index in [0.29, 0.717) is 12.2 Å². The van der Waals surface area contributed by atoms with Crippen LogP contribution in [0.1, 0.15) is 43.2 Å². The quantitative estimate of drug-likeness (QED) is 0.812. The first-order valence-corrected chi connectivity index (χ1v) is 7.05. The fourth-order valence-electron chi connectivity index (χ4n) is 2.34. The predicted octanol–water partition coefficient (Wildman–Crippen LogP) is 1.95. The topological polar surface area (TPSA) is 94.0 Å². The van der Waals surface area contributed by atoms with Crippen LogP contribution in [0, 0.1) is 0 Å². The second-order valence-electron chi connectivity index (χ2n) is 5.04. The molecule has 2 unspecified atom stereocenters. The van der Waals surface area contributed by atoms with Crippen molar-refractivity contribution in [3.63, 3.8) is 0 Å². The largest absolute Gasteiger partial charge is 0.480 e. The molecule has 0 fully saturated rings. The lowest BCUT2D eigenvalue weighted by Gasteiger charge is -2.18. The summed E-state index contributed by atoms with van der Waals surface area (Å²) in [5.41, 5.74) is 7.02. The Morgan fingerprint density at radius 3 is 2.71 bits per heavy atom. The van der Waals surface area contributed by atoms with E-state index in [0.717, 1.165) is 18.4 Å². The average Bonchev–Trinajstić information content (AvgIpc) is 2.95. The summed E-state index contributed by atoms with van der Waals surface area (Å²) in [5.74, 6) is -0.385. The highest BCUT2D eigenvalue weighted by Crippen LogP contribution is 2.21. The Kier molecular flexibility index (Phi) is 5.05. The van der Waals surface area contributed by atoms with Crippen molar-refractivity contribution in [2.75, 3.05) is 0 Å². The standard InChI is InChI=1S/C15H20N4O2/c1-2-6-12(16)14-18-17-10-19(14)13(15(20)21)9-11-7-4-3-5-8-11/h3-5,7-8,10,12-13H,2,6,9,16H2,1H3,(H,20,21). The van der Waals surface area contributed by atoms with Gasteiger partial charge in [-0.25, -0.2) is 4.79 Å². The number of carboxylic acids is 1. The first-order chi connectivity index (χ1) is 10.1. The summed E-state index contributed by atoms with van der Waals surface area (Å²) in [4.78, 5) is 11.6. The zero-order valence-electron chi connectivity index (χ0n) is 12.0. The second-order valence-corrected chi connectivity index (χ2v) is 5.04. The van der Waals surface area contributed by atoms with Gasteiger partial charge in [-0.15, -0.1) is 10.2 Å². The van der Waals surface area contributed by atoms with Gasteiger partial charge in [-0.3, -0.25) is 0 Å². The Hall–Kier alpha value is -2.21. The molecule has 0 aliphatic heterocycles. The molecule has 2 atom stereocenters. The van der Waals surface area contributed by atoms with Crippen molar-refractivity contribution in [2.45, 2.75) is 38.3 Å². The van der Waals surface area contributed by atoms with Crippen LogP contribution in [0.2, 0.25) is 0 Å². The second kappa shape index (κ2) is 6.99. The van der Waals surface area contributed by atoms with Gasteiger partial charge in [0.25, 0.3) is 0 Å². The Labute approximate surface area is 123 Å². The summed E-state index contributed by atoms with van der Waals surface area (Å²) in [6, 6.07) is 8.46. The summed E-state index contributed by atoms with van der Waals surface area (Å²) in [6.07, 6.45) is 3.48. The Balaban J connectivity index is 2.27. The highest BCUT2D eigenvalue weighted by Gasteiger charge is 2.25. The molecular weight excluding hydrogens is 268 g/mol. The van der Waals surface area contributed by atoms with Crippen LogP contribution in [0.5, 0.6) is 0 Å². The first kappa shape index (κ1) is 15.2. The van der Waals surface area contributed by atoms with Crippen LogP contribution in [-0.2, 0) is 11.2 Å². The molecule has 0 saturated heterocycles. The van der Waals surface area contributed by atoms with E-state index < -0.39 is 12.0 Å². The molecule has 0 bridgehead atoms. The van der Waals surface area contributed by atoms with Crippen LogP contribution in [-0.4, -0.2) is 25.8 Å². The van der Waals surface area contributed by atoms with E-state index in [-0.39, 0.29) is 6.04 Å². The highest BCUT2D eigenvalue weighted by atomic mass is 16.4. The van der Waals surface area contributed by atoms with E-state index in [1.807, 2.05) is 37.3 Å². The molecule has 6 nitrogen and oxygen atoms in total. The maximum atomic E-state index is 11.6. The van der Waals surface area contributed by atoms with Crippen molar-refractivity contribution in [3.8, 4) is 0 Å². The van der Waals surface area contributed by atoms with Gasteiger partial charge in [0.2, 0.25) is 0 Å². The normalized spacial score (nSPS) is 13.8. The molecule has 21 heavy (non-hydrogen) atoms. The van der Waals surface area contributed by atoms with Crippen molar-refractivity contribution in [1.82, 2.24) is 14.8 Å². The van der Waals surface area contributed by atoms with Gasteiger partial charge in [-0.1, -0.05) is 43.7 Å². The summed E-state index contributed by atoms with van der Waals surface area (Å²) in [6.45, 7) is 2.03. The number of rotatable bonds is 7. The van der Waals surface area contributed by atoms with Crippen LogP contribution < -0.4 is 5.73 Å². The number of aromatic nitrogens is 3. The minimum absolute atomic E-state index is 0.296. The number of carbonyl (C=O) groups is 1. The summed E-state index contributed by atoms with van der Waals surface area (Å²) in [7, 11) is 0. The molecule has 2 rings (SSSR count). The monoisotopic (exact) mass is 288 g/mol. The third-order valence-electron chi connectivity index (χ3n) is 3.42. The molecular formula is C15H20N4O2. The molecule has 0 aliphatic rings. The Morgan fingerprint density at radius 2 is 2.10 bits per heavy atom.